The number of likely N-dealkylation sites (tertiary alicyclic amines) is 1. The minimum Gasteiger partial charge on any atom is -0.465 e. The highest BCUT2D eigenvalue weighted by Crippen LogP contribution is 2.37. The van der Waals surface area contributed by atoms with Crippen LogP contribution in [-0.2, 0) is 19.4 Å². The van der Waals surface area contributed by atoms with Crippen molar-refractivity contribution < 1.29 is 22.7 Å². The number of esters is 1. The molecule has 1 heterocycles. The van der Waals surface area contributed by atoms with E-state index >= 15 is 0 Å². The van der Waals surface area contributed by atoms with Gasteiger partial charge in [-0.2, -0.15) is 0 Å². The number of carbonyl (C=O) groups is 1. The molecule has 0 aliphatic carbocycles. The van der Waals surface area contributed by atoms with Gasteiger partial charge in [-0.3, -0.25) is 4.79 Å². The average molecular weight is 452 g/mol. The van der Waals surface area contributed by atoms with Crippen molar-refractivity contribution in [3.05, 3.63) is 53.6 Å². The van der Waals surface area contributed by atoms with Crippen molar-refractivity contribution in [3.63, 3.8) is 0 Å². The van der Waals surface area contributed by atoms with Crippen molar-refractivity contribution in [3.8, 4) is 11.5 Å². The maximum atomic E-state index is 13.6. The van der Waals surface area contributed by atoms with E-state index < -0.39 is 20.6 Å². The van der Waals surface area contributed by atoms with Crippen LogP contribution in [-0.4, -0.2) is 50.3 Å². The quantitative estimate of drug-likeness (QED) is 0.583. The number of ether oxygens (including phenoxy) is 2. The van der Waals surface area contributed by atoms with Crippen LogP contribution in [0.1, 0.15) is 26.7 Å². The Morgan fingerprint density at radius 2 is 1.53 bits per heavy atom. The Hall–Kier alpha value is -2.09. The molecular formula is C22H26ClNO5S. The monoisotopic (exact) mass is 451 g/mol. The van der Waals surface area contributed by atoms with Crippen molar-refractivity contribution in [1.29, 1.82) is 0 Å². The van der Waals surface area contributed by atoms with Crippen molar-refractivity contribution in [2.24, 2.45) is 0 Å². The first-order chi connectivity index (χ1) is 14.3. The van der Waals surface area contributed by atoms with E-state index in [-0.39, 0.29) is 24.3 Å². The van der Waals surface area contributed by atoms with Gasteiger partial charge in [-0.05, 0) is 74.8 Å². The second-order valence-electron chi connectivity index (χ2n) is 7.18. The third-order valence-electron chi connectivity index (χ3n) is 5.46. The van der Waals surface area contributed by atoms with Crippen LogP contribution < -0.4 is 4.74 Å². The summed E-state index contributed by atoms with van der Waals surface area (Å²) in [5.74, 6) is 0.412. The number of piperidine rings is 1. The Kier molecular flexibility index (Phi) is 7.06. The number of nitrogens with zero attached hydrogens (tertiary/aromatic N) is 1. The fourth-order valence-corrected chi connectivity index (χ4v) is 5.70. The number of sulfone groups is 1. The van der Waals surface area contributed by atoms with E-state index in [1.54, 1.807) is 43.3 Å². The molecule has 30 heavy (non-hydrogen) atoms. The molecule has 0 atom stereocenters. The fourth-order valence-electron chi connectivity index (χ4n) is 3.63. The van der Waals surface area contributed by atoms with Gasteiger partial charge in [0, 0.05) is 18.1 Å². The normalized spacial score (nSPS) is 16.8. The summed E-state index contributed by atoms with van der Waals surface area (Å²) in [6.45, 7) is 5.73. The summed E-state index contributed by atoms with van der Waals surface area (Å²) in [4.78, 5) is 15.0. The minimum atomic E-state index is -3.95. The molecule has 162 valence electrons. The van der Waals surface area contributed by atoms with Crippen LogP contribution >= 0.6 is 11.6 Å². The number of carbonyl (C=O) groups excluding carboxylic acids is 1. The predicted molar refractivity (Wildman–Crippen MR) is 116 cm³/mol. The Labute approximate surface area is 182 Å². The number of hydrogen-bond acceptors (Lipinski definition) is 6. The zero-order valence-corrected chi connectivity index (χ0v) is 18.7. The van der Waals surface area contributed by atoms with Gasteiger partial charge in [-0.15, -0.1) is 0 Å². The molecule has 1 aliphatic rings. The zero-order chi connectivity index (χ0) is 21.8. The molecule has 0 radical (unpaired) electrons. The summed E-state index contributed by atoms with van der Waals surface area (Å²) in [5.41, 5.74) is 0. The smallest absolute Gasteiger partial charge is 0.327 e. The van der Waals surface area contributed by atoms with Crippen LogP contribution in [0.4, 0.5) is 0 Å². The first-order valence-electron chi connectivity index (χ1n) is 10.00. The fraction of sp³-hybridized carbons (Fsp3) is 0.409. The summed E-state index contributed by atoms with van der Waals surface area (Å²) in [6.07, 6.45) is 0.427. The van der Waals surface area contributed by atoms with Crippen molar-refractivity contribution in [1.82, 2.24) is 4.90 Å². The minimum absolute atomic E-state index is 0.0870. The van der Waals surface area contributed by atoms with E-state index in [1.165, 1.54) is 12.1 Å². The lowest BCUT2D eigenvalue weighted by atomic mass is 9.95. The van der Waals surface area contributed by atoms with E-state index in [0.29, 0.717) is 29.6 Å². The molecule has 0 amide bonds. The summed E-state index contributed by atoms with van der Waals surface area (Å²) < 4.78 is 36.5. The Morgan fingerprint density at radius 3 is 2.03 bits per heavy atom. The molecule has 1 saturated heterocycles. The molecule has 2 aromatic carbocycles. The Morgan fingerprint density at radius 1 is 1.00 bits per heavy atom. The molecule has 6 nitrogen and oxygen atoms in total. The maximum absolute atomic E-state index is 13.6. The van der Waals surface area contributed by atoms with Crippen LogP contribution in [0.25, 0.3) is 0 Å². The average Bonchev–Trinajstić information content (AvgIpc) is 2.76. The summed E-state index contributed by atoms with van der Waals surface area (Å²) in [6, 6.07) is 13.0. The third kappa shape index (κ3) is 4.48. The molecular weight excluding hydrogens is 426 g/mol. The number of rotatable bonds is 7. The van der Waals surface area contributed by atoms with Gasteiger partial charge in [-0.25, -0.2) is 8.42 Å². The molecule has 0 bridgehead atoms. The van der Waals surface area contributed by atoms with Gasteiger partial charge in [-0.1, -0.05) is 18.5 Å². The van der Waals surface area contributed by atoms with Crippen LogP contribution in [0.3, 0.4) is 0 Å². The highest BCUT2D eigenvalue weighted by Gasteiger charge is 2.53. The maximum Gasteiger partial charge on any atom is 0.327 e. The van der Waals surface area contributed by atoms with E-state index in [4.69, 9.17) is 21.1 Å². The van der Waals surface area contributed by atoms with Gasteiger partial charge in [0.05, 0.1) is 11.5 Å². The van der Waals surface area contributed by atoms with Crippen LogP contribution in [0.15, 0.2) is 53.4 Å². The first kappa shape index (κ1) is 22.6. The Balaban J connectivity index is 1.87. The molecule has 0 aromatic heterocycles. The molecule has 1 fully saturated rings. The second-order valence-corrected chi connectivity index (χ2v) is 9.88. The standard InChI is InChI=1S/C22H26ClNO5S/c1-3-24-15-13-22(14-16-24,21(25)28-4-2)30(26,27)20-11-9-19(10-12-20)29-18-7-5-17(23)6-8-18/h5-12H,3-4,13-16H2,1-2H3. The van der Waals surface area contributed by atoms with E-state index in [0.717, 1.165) is 6.54 Å². The predicted octanol–water partition coefficient (Wildman–Crippen LogP) is 4.32. The van der Waals surface area contributed by atoms with Crippen molar-refractivity contribution in [2.75, 3.05) is 26.2 Å². The second kappa shape index (κ2) is 9.37. The number of benzene rings is 2. The lowest BCUT2D eigenvalue weighted by Crippen LogP contribution is -2.55. The third-order valence-corrected chi connectivity index (χ3v) is 8.20. The zero-order valence-electron chi connectivity index (χ0n) is 17.1. The van der Waals surface area contributed by atoms with Crippen LogP contribution in [0.2, 0.25) is 5.02 Å². The summed E-state index contributed by atoms with van der Waals surface area (Å²) >= 11 is 5.88. The van der Waals surface area contributed by atoms with E-state index in [1.807, 2.05) is 6.92 Å². The topological polar surface area (TPSA) is 72.9 Å². The lowest BCUT2D eigenvalue weighted by Gasteiger charge is -2.38. The molecule has 0 spiro atoms. The lowest BCUT2D eigenvalue weighted by molar-refractivity contribution is -0.147. The summed E-state index contributed by atoms with van der Waals surface area (Å²) in [5, 5.41) is 0.599. The highest BCUT2D eigenvalue weighted by atomic mass is 35.5. The van der Waals surface area contributed by atoms with Crippen LogP contribution in [0.5, 0.6) is 11.5 Å². The molecule has 0 saturated carbocycles. The van der Waals surface area contributed by atoms with Gasteiger partial charge < -0.3 is 14.4 Å². The van der Waals surface area contributed by atoms with Gasteiger partial charge >= 0.3 is 5.97 Å². The first-order valence-corrected chi connectivity index (χ1v) is 11.9. The summed E-state index contributed by atoms with van der Waals surface area (Å²) in [7, 11) is -3.95. The van der Waals surface area contributed by atoms with Gasteiger partial charge in [0.1, 0.15) is 11.5 Å². The van der Waals surface area contributed by atoms with E-state index in [9.17, 15) is 13.2 Å². The van der Waals surface area contributed by atoms with Crippen molar-refractivity contribution in [2.45, 2.75) is 36.3 Å². The Bertz CT molecular complexity index is 966. The molecule has 0 N–H and O–H groups in total. The number of halogens is 1. The SMILES string of the molecule is CCOC(=O)C1(S(=O)(=O)c2ccc(Oc3ccc(Cl)cc3)cc2)CCN(CC)CC1. The van der Waals surface area contributed by atoms with E-state index in [2.05, 4.69) is 4.90 Å². The molecule has 1 aliphatic heterocycles. The molecule has 0 unspecified atom stereocenters. The van der Waals surface area contributed by atoms with Gasteiger partial charge in [0.25, 0.3) is 0 Å². The van der Waals surface area contributed by atoms with Gasteiger partial charge in [0.15, 0.2) is 14.6 Å². The largest absolute Gasteiger partial charge is 0.465 e. The number of hydrogen-bond donors (Lipinski definition) is 0. The highest BCUT2D eigenvalue weighted by molar-refractivity contribution is 7.93. The van der Waals surface area contributed by atoms with Crippen LogP contribution in [0, 0.1) is 0 Å². The van der Waals surface area contributed by atoms with Gasteiger partial charge in [0.2, 0.25) is 0 Å². The molecule has 2 aromatic rings. The van der Waals surface area contributed by atoms with Crippen molar-refractivity contribution >= 4 is 27.4 Å². The molecule has 8 heteroatoms. The molecule has 3 rings (SSSR count).